The molecule has 1 aliphatic rings. The van der Waals surface area contributed by atoms with E-state index in [9.17, 15) is 4.79 Å². The summed E-state index contributed by atoms with van der Waals surface area (Å²) in [6.07, 6.45) is 4.17. The zero-order valence-electron chi connectivity index (χ0n) is 14.9. The summed E-state index contributed by atoms with van der Waals surface area (Å²) < 4.78 is 2.07. The largest absolute Gasteiger partial charge is 0.330 e. The molecule has 0 N–H and O–H groups in total. The fraction of sp³-hybridized carbons (Fsp3) is 0.444. The van der Waals surface area contributed by atoms with Crippen LogP contribution in [0.25, 0.3) is 16.3 Å². The quantitative estimate of drug-likeness (QED) is 0.218. The molecule has 0 saturated carbocycles. The maximum absolute atomic E-state index is 13.1. The molecule has 1 fully saturated rings. The summed E-state index contributed by atoms with van der Waals surface area (Å²) in [6, 6.07) is 7.85. The monoisotopic (exact) mass is 513 g/mol. The van der Waals surface area contributed by atoms with Crippen LogP contribution in [-0.2, 0) is 4.79 Å². The summed E-state index contributed by atoms with van der Waals surface area (Å²) in [7, 11) is 0. The number of thioether (sulfide) groups is 1. The predicted molar refractivity (Wildman–Crippen MR) is 117 cm³/mol. The minimum absolute atomic E-state index is 0.119. The van der Waals surface area contributed by atoms with Gasteiger partial charge in [0.25, 0.3) is 0 Å². The van der Waals surface area contributed by atoms with E-state index >= 15 is 0 Å². The molecule has 9 heteroatoms. The van der Waals surface area contributed by atoms with Gasteiger partial charge in [-0.2, -0.15) is 9.61 Å². The second-order valence-electron chi connectivity index (χ2n) is 6.42. The molecule has 6 nitrogen and oxygen atoms in total. The SMILES string of the molecule is CCC(Sc1ccc2nnc(-c3cccs3)n2n1)C(=O)N1CCCCC1I. The summed E-state index contributed by atoms with van der Waals surface area (Å²) in [6.45, 7) is 2.93. The van der Waals surface area contributed by atoms with Crippen LogP contribution >= 0.6 is 45.7 Å². The molecule has 2 atom stereocenters. The average Bonchev–Trinajstić information content (AvgIpc) is 3.35. The number of fused-ring (bicyclic) bond motifs is 1. The fourth-order valence-electron chi connectivity index (χ4n) is 3.17. The molecule has 1 saturated heterocycles. The van der Waals surface area contributed by atoms with Crippen molar-refractivity contribution in [1.29, 1.82) is 0 Å². The number of aromatic nitrogens is 4. The second-order valence-corrected chi connectivity index (χ2v) is 10.0. The Morgan fingerprint density at radius 1 is 1.37 bits per heavy atom. The van der Waals surface area contributed by atoms with Gasteiger partial charge in [-0.15, -0.1) is 21.5 Å². The molecule has 142 valence electrons. The fourth-order valence-corrected chi connectivity index (χ4v) is 5.83. The number of rotatable bonds is 5. The highest BCUT2D eigenvalue weighted by Crippen LogP contribution is 2.30. The number of thiophene rings is 1. The molecule has 2 unspecified atom stereocenters. The van der Waals surface area contributed by atoms with Crippen LogP contribution in [0.15, 0.2) is 34.7 Å². The Morgan fingerprint density at radius 3 is 3.00 bits per heavy atom. The van der Waals surface area contributed by atoms with E-state index in [4.69, 9.17) is 5.10 Å². The van der Waals surface area contributed by atoms with Crippen LogP contribution in [0, 0.1) is 0 Å². The number of amides is 1. The molecule has 3 aromatic rings. The first-order valence-electron chi connectivity index (χ1n) is 9.05. The van der Waals surface area contributed by atoms with E-state index < -0.39 is 0 Å². The molecule has 1 amide bonds. The van der Waals surface area contributed by atoms with Crippen LogP contribution in [0.2, 0.25) is 0 Å². The molecule has 4 heterocycles. The third-order valence-corrected chi connectivity index (χ3v) is 8.04. The van der Waals surface area contributed by atoms with Gasteiger partial charge >= 0.3 is 0 Å². The number of halogens is 1. The number of nitrogens with zero attached hydrogens (tertiary/aromatic N) is 5. The van der Waals surface area contributed by atoms with Crippen molar-refractivity contribution in [1.82, 2.24) is 24.7 Å². The summed E-state index contributed by atoms with van der Waals surface area (Å²) in [5.74, 6) is 0.968. The second kappa shape index (κ2) is 8.44. The normalized spacial score (nSPS) is 18.7. The molecule has 0 aliphatic carbocycles. The van der Waals surface area contributed by atoms with E-state index in [1.165, 1.54) is 18.2 Å². The molecule has 27 heavy (non-hydrogen) atoms. The molecule has 0 aromatic carbocycles. The van der Waals surface area contributed by atoms with E-state index in [-0.39, 0.29) is 11.2 Å². The first-order chi connectivity index (χ1) is 13.2. The first kappa shape index (κ1) is 19.1. The van der Waals surface area contributed by atoms with Crippen LogP contribution in [0.5, 0.6) is 0 Å². The number of hydrogen-bond donors (Lipinski definition) is 0. The maximum atomic E-state index is 13.1. The zero-order valence-corrected chi connectivity index (χ0v) is 18.7. The standard InChI is InChI=1S/C18H20IN5OS2/c1-2-12(18(25)23-10-4-3-7-14(23)19)27-16-9-8-15-20-21-17(24(15)22-16)13-6-5-11-26-13/h5-6,8-9,11-12,14H,2-4,7,10H2,1H3. The molecule has 0 radical (unpaired) electrons. The van der Waals surface area contributed by atoms with E-state index in [1.54, 1.807) is 15.9 Å². The molecule has 3 aromatic heterocycles. The van der Waals surface area contributed by atoms with Gasteiger partial charge in [0.05, 0.1) is 14.2 Å². The van der Waals surface area contributed by atoms with Gasteiger partial charge in [-0.3, -0.25) is 4.79 Å². The summed E-state index contributed by atoms with van der Waals surface area (Å²) >= 11 is 5.55. The van der Waals surface area contributed by atoms with Gasteiger partial charge < -0.3 is 4.90 Å². The summed E-state index contributed by atoms with van der Waals surface area (Å²) in [4.78, 5) is 16.1. The maximum Gasteiger partial charge on any atom is 0.236 e. The minimum Gasteiger partial charge on any atom is -0.330 e. The average molecular weight is 513 g/mol. The van der Waals surface area contributed by atoms with Crippen molar-refractivity contribution in [3.63, 3.8) is 0 Å². The molecule has 1 aliphatic heterocycles. The van der Waals surface area contributed by atoms with E-state index in [1.807, 2.05) is 34.5 Å². The lowest BCUT2D eigenvalue weighted by molar-refractivity contribution is -0.131. The van der Waals surface area contributed by atoms with Crippen LogP contribution in [0.4, 0.5) is 0 Å². The van der Waals surface area contributed by atoms with Crippen molar-refractivity contribution in [3.8, 4) is 10.7 Å². The van der Waals surface area contributed by atoms with Crippen LogP contribution in [0.3, 0.4) is 0 Å². The highest BCUT2D eigenvalue weighted by atomic mass is 127. The molecular formula is C18H20IN5OS2. The minimum atomic E-state index is -0.119. The Balaban J connectivity index is 1.58. The Bertz CT molecular complexity index is 929. The number of likely N-dealkylation sites (tertiary alicyclic amines) is 1. The molecule has 4 rings (SSSR count). The molecular weight excluding hydrogens is 493 g/mol. The lowest BCUT2D eigenvalue weighted by Gasteiger charge is -2.34. The van der Waals surface area contributed by atoms with Gasteiger partial charge in [0.2, 0.25) is 5.91 Å². The van der Waals surface area contributed by atoms with Gasteiger partial charge in [-0.25, -0.2) is 0 Å². The number of carbonyl (C=O) groups is 1. The Labute approximate surface area is 179 Å². The lowest BCUT2D eigenvalue weighted by Crippen LogP contribution is -2.44. The van der Waals surface area contributed by atoms with E-state index in [2.05, 4.69) is 39.7 Å². The Hall–Kier alpha value is -1.20. The van der Waals surface area contributed by atoms with Gasteiger partial charge in [0.15, 0.2) is 11.5 Å². The van der Waals surface area contributed by atoms with E-state index in [0.29, 0.717) is 9.70 Å². The van der Waals surface area contributed by atoms with Crippen molar-refractivity contribution in [2.75, 3.05) is 6.54 Å². The van der Waals surface area contributed by atoms with Crippen molar-refractivity contribution in [3.05, 3.63) is 29.6 Å². The molecule has 0 spiro atoms. The van der Waals surface area contributed by atoms with Gasteiger partial charge in [0.1, 0.15) is 5.03 Å². The van der Waals surface area contributed by atoms with Gasteiger partial charge in [-0.1, -0.05) is 47.3 Å². The summed E-state index contributed by atoms with van der Waals surface area (Å²) in [5.41, 5.74) is 0.713. The summed E-state index contributed by atoms with van der Waals surface area (Å²) in [5, 5.41) is 15.9. The van der Waals surface area contributed by atoms with Gasteiger partial charge in [-0.05, 0) is 49.3 Å². The number of hydrogen-bond acceptors (Lipinski definition) is 6. The zero-order chi connectivity index (χ0) is 18.8. The molecule has 0 bridgehead atoms. The first-order valence-corrected chi connectivity index (χ1v) is 12.1. The smallest absolute Gasteiger partial charge is 0.236 e. The van der Waals surface area contributed by atoms with Crippen molar-refractivity contribution in [2.45, 2.75) is 46.9 Å². The van der Waals surface area contributed by atoms with Gasteiger partial charge in [0, 0.05) is 6.54 Å². The van der Waals surface area contributed by atoms with Crippen molar-refractivity contribution < 1.29 is 4.79 Å². The Kier molecular flexibility index (Phi) is 5.98. The van der Waals surface area contributed by atoms with Crippen molar-refractivity contribution in [2.24, 2.45) is 0 Å². The highest BCUT2D eigenvalue weighted by Gasteiger charge is 2.30. The van der Waals surface area contributed by atoms with Crippen LogP contribution in [-0.4, -0.2) is 46.5 Å². The van der Waals surface area contributed by atoms with E-state index in [0.717, 1.165) is 41.5 Å². The topological polar surface area (TPSA) is 63.4 Å². The predicted octanol–water partition coefficient (Wildman–Crippen LogP) is 4.50. The van der Waals surface area contributed by atoms with Crippen LogP contribution in [0.1, 0.15) is 32.6 Å². The number of alkyl halides is 1. The lowest BCUT2D eigenvalue weighted by atomic mass is 10.1. The highest BCUT2D eigenvalue weighted by molar-refractivity contribution is 14.1. The van der Waals surface area contributed by atoms with Crippen molar-refractivity contribution >= 4 is 57.2 Å². The Morgan fingerprint density at radius 2 is 2.26 bits per heavy atom. The third-order valence-electron chi connectivity index (χ3n) is 4.60. The number of piperidine rings is 1. The third kappa shape index (κ3) is 4.00. The van der Waals surface area contributed by atoms with Crippen LogP contribution < -0.4 is 0 Å². The number of carbonyl (C=O) groups excluding carboxylic acids is 1.